The Hall–Kier alpha value is -1.58. The molecule has 0 radical (unpaired) electrons. The Kier molecular flexibility index (Phi) is 3.45. The predicted molar refractivity (Wildman–Crippen MR) is 49.8 cm³/mol. The van der Waals surface area contributed by atoms with E-state index in [1.54, 1.807) is 0 Å². The second-order valence-electron chi connectivity index (χ2n) is 3.25. The van der Waals surface area contributed by atoms with Gasteiger partial charge in [0.05, 0.1) is 5.92 Å². The standard InChI is InChI=1S/C10H12O4/c11-9(12)6-5-7-3-1-2-4-8(7)10(13)14/h1-2,5-8H,3-4H2,(H,11,12)(H,13,14)/b6-5+/t7-,8+/m0/s1. The highest BCUT2D eigenvalue weighted by Gasteiger charge is 2.26. The molecule has 0 heterocycles. The highest BCUT2D eigenvalue weighted by atomic mass is 16.4. The van der Waals surface area contributed by atoms with Crippen LogP contribution in [0.3, 0.4) is 0 Å². The second-order valence-corrected chi connectivity index (χ2v) is 3.25. The molecule has 0 bridgehead atoms. The molecular weight excluding hydrogens is 184 g/mol. The van der Waals surface area contributed by atoms with Gasteiger partial charge in [0.25, 0.3) is 0 Å². The lowest BCUT2D eigenvalue weighted by atomic mass is 9.83. The van der Waals surface area contributed by atoms with Gasteiger partial charge in [-0.2, -0.15) is 0 Å². The lowest BCUT2D eigenvalue weighted by Gasteiger charge is -2.21. The zero-order valence-corrected chi connectivity index (χ0v) is 7.59. The van der Waals surface area contributed by atoms with E-state index in [9.17, 15) is 9.59 Å². The first-order chi connectivity index (χ1) is 6.61. The highest BCUT2D eigenvalue weighted by Crippen LogP contribution is 2.26. The van der Waals surface area contributed by atoms with Gasteiger partial charge < -0.3 is 10.2 Å². The van der Waals surface area contributed by atoms with Crippen molar-refractivity contribution in [2.75, 3.05) is 0 Å². The number of aliphatic carboxylic acids is 2. The molecular formula is C10H12O4. The molecule has 1 aliphatic carbocycles. The number of carbonyl (C=O) groups is 2. The van der Waals surface area contributed by atoms with Crippen molar-refractivity contribution in [3.63, 3.8) is 0 Å². The third-order valence-corrected chi connectivity index (χ3v) is 2.28. The van der Waals surface area contributed by atoms with Crippen molar-refractivity contribution in [3.8, 4) is 0 Å². The Morgan fingerprint density at radius 1 is 1.21 bits per heavy atom. The fraction of sp³-hybridized carbons (Fsp3) is 0.400. The lowest BCUT2D eigenvalue weighted by molar-refractivity contribution is -0.143. The Morgan fingerprint density at radius 2 is 1.86 bits per heavy atom. The van der Waals surface area contributed by atoms with Crippen LogP contribution in [0.1, 0.15) is 12.8 Å². The zero-order valence-electron chi connectivity index (χ0n) is 7.59. The van der Waals surface area contributed by atoms with Gasteiger partial charge in [-0.1, -0.05) is 18.2 Å². The Morgan fingerprint density at radius 3 is 2.43 bits per heavy atom. The summed E-state index contributed by atoms with van der Waals surface area (Å²) in [4.78, 5) is 21.1. The van der Waals surface area contributed by atoms with Crippen LogP contribution in [0.2, 0.25) is 0 Å². The van der Waals surface area contributed by atoms with Crippen LogP contribution >= 0.6 is 0 Å². The average Bonchev–Trinajstić information content (AvgIpc) is 2.15. The summed E-state index contributed by atoms with van der Waals surface area (Å²) in [6.45, 7) is 0. The Bertz CT molecular complexity index is 290. The number of hydrogen-bond acceptors (Lipinski definition) is 2. The minimum atomic E-state index is -1.04. The van der Waals surface area contributed by atoms with Crippen LogP contribution < -0.4 is 0 Å². The van der Waals surface area contributed by atoms with Crippen LogP contribution in [0.25, 0.3) is 0 Å². The summed E-state index contributed by atoms with van der Waals surface area (Å²) in [6.07, 6.45) is 7.26. The largest absolute Gasteiger partial charge is 0.481 e. The molecule has 0 aromatic heterocycles. The average molecular weight is 196 g/mol. The Balaban J connectivity index is 2.69. The van der Waals surface area contributed by atoms with Gasteiger partial charge in [0.2, 0.25) is 0 Å². The van der Waals surface area contributed by atoms with Crippen molar-refractivity contribution in [1.29, 1.82) is 0 Å². The van der Waals surface area contributed by atoms with E-state index < -0.39 is 17.9 Å². The molecule has 1 rings (SSSR count). The molecule has 14 heavy (non-hydrogen) atoms. The molecule has 0 unspecified atom stereocenters. The van der Waals surface area contributed by atoms with Crippen molar-refractivity contribution in [3.05, 3.63) is 24.3 Å². The van der Waals surface area contributed by atoms with Gasteiger partial charge in [0.1, 0.15) is 0 Å². The van der Waals surface area contributed by atoms with Crippen molar-refractivity contribution >= 4 is 11.9 Å². The normalized spacial score (nSPS) is 26.6. The van der Waals surface area contributed by atoms with E-state index in [2.05, 4.69) is 0 Å². The van der Waals surface area contributed by atoms with Gasteiger partial charge in [-0.3, -0.25) is 4.79 Å². The van der Waals surface area contributed by atoms with Crippen LogP contribution in [0.15, 0.2) is 24.3 Å². The molecule has 76 valence electrons. The van der Waals surface area contributed by atoms with Crippen LogP contribution in [0.4, 0.5) is 0 Å². The molecule has 2 N–H and O–H groups in total. The lowest BCUT2D eigenvalue weighted by Crippen LogP contribution is -2.23. The van der Waals surface area contributed by atoms with Gasteiger partial charge in [0, 0.05) is 6.08 Å². The maximum Gasteiger partial charge on any atom is 0.327 e. The zero-order chi connectivity index (χ0) is 10.6. The van der Waals surface area contributed by atoms with Gasteiger partial charge in [-0.05, 0) is 18.8 Å². The molecule has 0 amide bonds. The summed E-state index contributed by atoms with van der Waals surface area (Å²) in [5.74, 6) is -2.60. The molecule has 1 aliphatic rings. The summed E-state index contributed by atoms with van der Waals surface area (Å²) < 4.78 is 0. The summed E-state index contributed by atoms with van der Waals surface area (Å²) in [5, 5.41) is 17.3. The van der Waals surface area contributed by atoms with Crippen molar-refractivity contribution < 1.29 is 19.8 Å². The molecule has 0 fully saturated rings. The van der Waals surface area contributed by atoms with Crippen LogP contribution in [-0.4, -0.2) is 22.2 Å². The first kappa shape index (κ1) is 10.5. The maximum absolute atomic E-state index is 10.8. The number of carboxylic acids is 2. The first-order valence-corrected chi connectivity index (χ1v) is 4.40. The van der Waals surface area contributed by atoms with Crippen molar-refractivity contribution in [1.82, 2.24) is 0 Å². The minimum absolute atomic E-state index is 0.200. The van der Waals surface area contributed by atoms with Gasteiger partial charge in [0.15, 0.2) is 0 Å². The molecule has 0 aromatic carbocycles. The summed E-state index contributed by atoms with van der Waals surface area (Å²) in [5.41, 5.74) is 0. The van der Waals surface area contributed by atoms with Crippen molar-refractivity contribution in [2.45, 2.75) is 12.8 Å². The number of hydrogen-bond donors (Lipinski definition) is 2. The molecule has 0 spiro atoms. The molecule has 2 atom stereocenters. The SMILES string of the molecule is O=C(O)/C=C/[C@@H]1CC=CC[C@H]1C(=O)O. The number of allylic oxidation sites excluding steroid dienone is 3. The Labute approximate surface area is 81.6 Å². The van der Waals surface area contributed by atoms with E-state index in [1.165, 1.54) is 6.08 Å². The van der Waals surface area contributed by atoms with E-state index in [0.29, 0.717) is 12.8 Å². The third-order valence-electron chi connectivity index (χ3n) is 2.28. The van der Waals surface area contributed by atoms with E-state index in [4.69, 9.17) is 10.2 Å². The van der Waals surface area contributed by atoms with E-state index in [0.717, 1.165) is 6.08 Å². The fourth-order valence-corrected chi connectivity index (χ4v) is 1.54. The minimum Gasteiger partial charge on any atom is -0.481 e. The highest BCUT2D eigenvalue weighted by molar-refractivity contribution is 5.80. The molecule has 0 saturated carbocycles. The smallest absolute Gasteiger partial charge is 0.327 e. The number of rotatable bonds is 3. The molecule has 0 saturated heterocycles. The van der Waals surface area contributed by atoms with E-state index >= 15 is 0 Å². The maximum atomic E-state index is 10.8. The topological polar surface area (TPSA) is 74.6 Å². The quantitative estimate of drug-likeness (QED) is 0.527. The predicted octanol–water partition coefficient (Wildman–Crippen LogP) is 1.29. The second kappa shape index (κ2) is 4.60. The van der Waals surface area contributed by atoms with Gasteiger partial charge >= 0.3 is 11.9 Å². The van der Waals surface area contributed by atoms with Gasteiger partial charge in [-0.15, -0.1) is 0 Å². The van der Waals surface area contributed by atoms with E-state index in [1.807, 2.05) is 12.2 Å². The van der Waals surface area contributed by atoms with Crippen molar-refractivity contribution in [2.24, 2.45) is 11.8 Å². The monoisotopic (exact) mass is 196 g/mol. The molecule has 4 nitrogen and oxygen atoms in total. The molecule has 4 heteroatoms. The molecule has 0 aromatic rings. The summed E-state index contributed by atoms with van der Waals surface area (Å²) in [6, 6.07) is 0. The number of carboxylic acid groups (broad SMARTS) is 2. The third kappa shape index (κ3) is 2.73. The first-order valence-electron chi connectivity index (χ1n) is 4.40. The fourth-order valence-electron chi connectivity index (χ4n) is 1.54. The summed E-state index contributed by atoms with van der Waals surface area (Å²) in [7, 11) is 0. The molecule has 0 aliphatic heterocycles. The van der Waals surface area contributed by atoms with Crippen LogP contribution in [-0.2, 0) is 9.59 Å². The van der Waals surface area contributed by atoms with Crippen LogP contribution in [0, 0.1) is 11.8 Å². The summed E-state index contributed by atoms with van der Waals surface area (Å²) >= 11 is 0. The van der Waals surface area contributed by atoms with Crippen LogP contribution in [0.5, 0.6) is 0 Å². The van der Waals surface area contributed by atoms with Gasteiger partial charge in [-0.25, -0.2) is 4.79 Å². The van der Waals surface area contributed by atoms with E-state index in [-0.39, 0.29) is 5.92 Å².